The first kappa shape index (κ1) is 19.2. The Balaban J connectivity index is 2.15. The van der Waals surface area contributed by atoms with Gasteiger partial charge in [0.1, 0.15) is 11.8 Å². The van der Waals surface area contributed by atoms with E-state index in [9.17, 15) is 9.59 Å². The van der Waals surface area contributed by atoms with Crippen LogP contribution in [0.5, 0.6) is 5.75 Å². The van der Waals surface area contributed by atoms with Gasteiger partial charge in [0.2, 0.25) is 5.91 Å². The minimum Gasteiger partial charge on any atom is -0.497 e. The molecule has 6 nitrogen and oxygen atoms in total. The summed E-state index contributed by atoms with van der Waals surface area (Å²) in [6, 6.07) is 6.46. The number of methoxy groups -OCH3 is 1. The monoisotopic (exact) mass is 347 g/mol. The minimum atomic E-state index is -0.475. The fourth-order valence-electron chi connectivity index (χ4n) is 3.26. The first-order chi connectivity index (χ1) is 12.1. The zero-order valence-electron chi connectivity index (χ0n) is 15.4. The van der Waals surface area contributed by atoms with E-state index in [-0.39, 0.29) is 17.7 Å². The number of hydrogen-bond acceptors (Lipinski definition) is 4. The van der Waals surface area contributed by atoms with E-state index in [4.69, 9.17) is 4.74 Å². The number of likely N-dealkylation sites (N-methyl/N-ethyl adjacent to an activating group) is 1. The predicted octanol–water partition coefficient (Wildman–Crippen LogP) is 1.66. The standard InChI is InChI=1S/C19H29N3O3/c1-4-22(5-2)19(24)17(14-10-12-20-13-11-14)21-18(23)15-6-8-16(25-3)9-7-15/h6-9,14,17,20H,4-5,10-13H2,1-3H3,(H,21,23). The van der Waals surface area contributed by atoms with Crippen molar-refractivity contribution in [3.63, 3.8) is 0 Å². The summed E-state index contributed by atoms with van der Waals surface area (Å²) < 4.78 is 5.12. The second-order valence-electron chi connectivity index (χ2n) is 6.28. The number of rotatable bonds is 7. The average molecular weight is 347 g/mol. The van der Waals surface area contributed by atoms with Crippen LogP contribution in [0.15, 0.2) is 24.3 Å². The molecule has 0 bridgehead atoms. The molecule has 0 aromatic heterocycles. The minimum absolute atomic E-state index is 0.0127. The summed E-state index contributed by atoms with van der Waals surface area (Å²) in [4.78, 5) is 27.4. The van der Waals surface area contributed by atoms with Gasteiger partial charge in [0.05, 0.1) is 7.11 Å². The lowest BCUT2D eigenvalue weighted by atomic mass is 9.89. The lowest BCUT2D eigenvalue weighted by Crippen LogP contribution is -2.54. The number of ether oxygens (including phenoxy) is 1. The van der Waals surface area contributed by atoms with Gasteiger partial charge in [0.25, 0.3) is 5.91 Å². The van der Waals surface area contributed by atoms with Crippen molar-refractivity contribution in [1.82, 2.24) is 15.5 Å². The third-order valence-electron chi connectivity index (χ3n) is 4.84. The number of nitrogens with one attached hydrogen (secondary N) is 2. The van der Waals surface area contributed by atoms with Gasteiger partial charge in [-0.15, -0.1) is 0 Å². The highest BCUT2D eigenvalue weighted by Crippen LogP contribution is 2.19. The maximum atomic E-state index is 12.9. The smallest absolute Gasteiger partial charge is 0.251 e. The van der Waals surface area contributed by atoms with Crippen molar-refractivity contribution in [2.45, 2.75) is 32.7 Å². The second kappa shape index (κ2) is 9.42. The Morgan fingerprint density at radius 3 is 2.32 bits per heavy atom. The van der Waals surface area contributed by atoms with E-state index < -0.39 is 6.04 Å². The molecule has 1 aromatic carbocycles. The summed E-state index contributed by atoms with van der Waals surface area (Å²) in [6.07, 6.45) is 1.78. The summed E-state index contributed by atoms with van der Waals surface area (Å²) >= 11 is 0. The molecule has 1 heterocycles. The zero-order chi connectivity index (χ0) is 18.2. The van der Waals surface area contributed by atoms with E-state index >= 15 is 0 Å². The molecule has 1 fully saturated rings. The van der Waals surface area contributed by atoms with Gasteiger partial charge >= 0.3 is 0 Å². The van der Waals surface area contributed by atoms with Crippen LogP contribution in [0, 0.1) is 5.92 Å². The highest BCUT2D eigenvalue weighted by molar-refractivity contribution is 5.97. The molecule has 1 atom stereocenters. The maximum absolute atomic E-state index is 12.9. The number of hydrogen-bond donors (Lipinski definition) is 2. The van der Waals surface area contributed by atoms with Gasteiger partial charge in [0, 0.05) is 18.7 Å². The summed E-state index contributed by atoms with van der Waals surface area (Å²) in [5, 5.41) is 6.30. The number of carbonyl (C=O) groups is 2. The quantitative estimate of drug-likeness (QED) is 0.787. The van der Waals surface area contributed by atoms with Crippen molar-refractivity contribution >= 4 is 11.8 Å². The molecule has 1 aliphatic heterocycles. The zero-order valence-corrected chi connectivity index (χ0v) is 15.4. The van der Waals surface area contributed by atoms with Gasteiger partial charge < -0.3 is 20.3 Å². The Labute approximate surface area is 149 Å². The van der Waals surface area contributed by atoms with E-state index in [1.54, 1.807) is 36.3 Å². The third kappa shape index (κ3) is 4.95. The largest absolute Gasteiger partial charge is 0.497 e. The fraction of sp³-hybridized carbons (Fsp3) is 0.579. The van der Waals surface area contributed by atoms with Gasteiger partial charge in [-0.2, -0.15) is 0 Å². The first-order valence-corrected chi connectivity index (χ1v) is 9.05. The molecular formula is C19H29N3O3. The normalized spacial score (nSPS) is 16.1. The Morgan fingerprint density at radius 1 is 1.20 bits per heavy atom. The molecule has 1 unspecified atom stereocenters. The molecule has 25 heavy (non-hydrogen) atoms. The van der Waals surface area contributed by atoms with Crippen molar-refractivity contribution in [3.8, 4) is 5.75 Å². The molecule has 1 aliphatic rings. The number of piperidine rings is 1. The highest BCUT2D eigenvalue weighted by atomic mass is 16.5. The molecule has 138 valence electrons. The number of benzene rings is 1. The lowest BCUT2D eigenvalue weighted by molar-refractivity contribution is -0.134. The summed E-state index contributed by atoms with van der Waals surface area (Å²) in [5.74, 6) is 0.660. The van der Waals surface area contributed by atoms with E-state index in [2.05, 4.69) is 10.6 Å². The topological polar surface area (TPSA) is 70.7 Å². The van der Waals surface area contributed by atoms with Crippen molar-refractivity contribution in [1.29, 1.82) is 0 Å². The Bertz CT molecular complexity index is 564. The number of amides is 2. The Morgan fingerprint density at radius 2 is 1.80 bits per heavy atom. The molecule has 1 saturated heterocycles. The first-order valence-electron chi connectivity index (χ1n) is 9.05. The van der Waals surface area contributed by atoms with Crippen molar-refractivity contribution in [3.05, 3.63) is 29.8 Å². The van der Waals surface area contributed by atoms with Gasteiger partial charge in [-0.25, -0.2) is 0 Å². The van der Waals surface area contributed by atoms with Crippen LogP contribution >= 0.6 is 0 Å². The molecule has 0 aliphatic carbocycles. The summed E-state index contributed by atoms with van der Waals surface area (Å²) in [7, 11) is 1.59. The number of nitrogens with zero attached hydrogens (tertiary/aromatic N) is 1. The van der Waals surface area contributed by atoms with Gasteiger partial charge in [0.15, 0.2) is 0 Å². The van der Waals surface area contributed by atoms with Gasteiger partial charge in [-0.1, -0.05) is 0 Å². The molecular weight excluding hydrogens is 318 g/mol. The van der Waals surface area contributed by atoms with Crippen LogP contribution in [-0.4, -0.2) is 56.0 Å². The van der Waals surface area contributed by atoms with Crippen LogP contribution in [0.2, 0.25) is 0 Å². The molecule has 6 heteroatoms. The van der Waals surface area contributed by atoms with Crippen LogP contribution in [0.1, 0.15) is 37.0 Å². The molecule has 0 radical (unpaired) electrons. The molecule has 2 rings (SSSR count). The van der Waals surface area contributed by atoms with Crippen LogP contribution in [-0.2, 0) is 4.79 Å². The van der Waals surface area contributed by atoms with E-state index in [0.29, 0.717) is 24.4 Å². The van der Waals surface area contributed by atoms with E-state index in [1.807, 2.05) is 13.8 Å². The van der Waals surface area contributed by atoms with Gasteiger partial charge in [-0.05, 0) is 70.0 Å². The van der Waals surface area contributed by atoms with Crippen molar-refractivity contribution in [2.24, 2.45) is 5.92 Å². The third-order valence-corrected chi connectivity index (χ3v) is 4.84. The van der Waals surface area contributed by atoms with Crippen molar-refractivity contribution < 1.29 is 14.3 Å². The maximum Gasteiger partial charge on any atom is 0.251 e. The highest BCUT2D eigenvalue weighted by Gasteiger charge is 2.33. The van der Waals surface area contributed by atoms with Crippen LogP contribution in [0.4, 0.5) is 0 Å². The van der Waals surface area contributed by atoms with E-state index in [0.717, 1.165) is 25.9 Å². The van der Waals surface area contributed by atoms with Crippen LogP contribution < -0.4 is 15.4 Å². The summed E-state index contributed by atoms with van der Waals surface area (Å²) in [6.45, 7) is 6.99. The van der Waals surface area contributed by atoms with Crippen molar-refractivity contribution in [2.75, 3.05) is 33.3 Å². The Kier molecular flexibility index (Phi) is 7.25. The molecule has 0 spiro atoms. The van der Waals surface area contributed by atoms with Crippen LogP contribution in [0.25, 0.3) is 0 Å². The SMILES string of the molecule is CCN(CC)C(=O)C(NC(=O)c1ccc(OC)cc1)C1CCNCC1. The second-order valence-corrected chi connectivity index (χ2v) is 6.28. The number of carbonyl (C=O) groups excluding carboxylic acids is 2. The average Bonchev–Trinajstić information content (AvgIpc) is 2.67. The molecule has 2 N–H and O–H groups in total. The lowest BCUT2D eigenvalue weighted by Gasteiger charge is -2.33. The van der Waals surface area contributed by atoms with Crippen LogP contribution in [0.3, 0.4) is 0 Å². The van der Waals surface area contributed by atoms with E-state index in [1.165, 1.54) is 0 Å². The molecule has 2 amide bonds. The fourth-order valence-corrected chi connectivity index (χ4v) is 3.26. The molecule has 1 aromatic rings. The Hall–Kier alpha value is -2.08. The predicted molar refractivity (Wildman–Crippen MR) is 97.8 cm³/mol. The molecule has 0 saturated carbocycles. The summed E-state index contributed by atoms with van der Waals surface area (Å²) in [5.41, 5.74) is 0.534. The van der Waals surface area contributed by atoms with Gasteiger partial charge in [-0.3, -0.25) is 9.59 Å².